The Kier molecular flexibility index (Phi) is 4.24. The van der Waals surface area contributed by atoms with Crippen molar-refractivity contribution in [3.63, 3.8) is 0 Å². The summed E-state index contributed by atoms with van der Waals surface area (Å²) in [7, 11) is 3.91. The molecule has 0 aliphatic carbocycles. The Hall–Kier alpha value is -2.51. The van der Waals surface area contributed by atoms with Gasteiger partial charge < -0.3 is 14.7 Å². The van der Waals surface area contributed by atoms with Crippen molar-refractivity contribution >= 4 is 5.69 Å². The van der Waals surface area contributed by atoms with E-state index in [0.29, 0.717) is 22.6 Å². The van der Waals surface area contributed by atoms with E-state index in [1.165, 1.54) is 0 Å². The van der Waals surface area contributed by atoms with E-state index in [2.05, 4.69) is 6.07 Å². The smallest absolute Gasteiger partial charge is 0.145 e. The molecule has 0 spiro atoms. The van der Waals surface area contributed by atoms with E-state index >= 15 is 0 Å². The Balaban J connectivity index is 2.30. The molecule has 0 aromatic heterocycles. The van der Waals surface area contributed by atoms with Crippen LogP contribution in [0.5, 0.6) is 11.5 Å². The fourth-order valence-corrected chi connectivity index (χ4v) is 1.80. The summed E-state index contributed by atoms with van der Waals surface area (Å²) in [6, 6.07) is 14.8. The SMILES string of the molecule is CN(C)c1cccc(Oc2ccc(CO)cc2C#N)c1. The summed E-state index contributed by atoms with van der Waals surface area (Å²) in [5.41, 5.74) is 2.12. The molecule has 102 valence electrons. The first-order chi connectivity index (χ1) is 9.63. The van der Waals surface area contributed by atoms with Crippen LogP contribution in [0.25, 0.3) is 0 Å². The maximum Gasteiger partial charge on any atom is 0.145 e. The molecule has 0 bridgehead atoms. The minimum absolute atomic E-state index is 0.0922. The molecule has 0 heterocycles. The van der Waals surface area contributed by atoms with Crippen LogP contribution in [-0.2, 0) is 6.61 Å². The van der Waals surface area contributed by atoms with Crippen LogP contribution >= 0.6 is 0 Å². The quantitative estimate of drug-likeness (QED) is 0.926. The molecule has 0 saturated heterocycles. The number of rotatable bonds is 4. The molecule has 0 unspecified atom stereocenters. The molecular weight excluding hydrogens is 252 g/mol. The molecule has 2 aromatic rings. The minimum Gasteiger partial charge on any atom is -0.456 e. The summed E-state index contributed by atoms with van der Waals surface area (Å²) in [6.07, 6.45) is 0. The number of nitriles is 1. The van der Waals surface area contributed by atoms with Crippen molar-refractivity contribution in [1.29, 1.82) is 5.26 Å². The number of hydrogen-bond donors (Lipinski definition) is 1. The van der Waals surface area contributed by atoms with Gasteiger partial charge in [-0.2, -0.15) is 5.26 Å². The van der Waals surface area contributed by atoms with Gasteiger partial charge in [-0.15, -0.1) is 0 Å². The zero-order chi connectivity index (χ0) is 14.5. The molecule has 0 saturated carbocycles. The fraction of sp³-hybridized carbons (Fsp3) is 0.188. The van der Waals surface area contributed by atoms with Crippen LogP contribution in [0.3, 0.4) is 0 Å². The predicted octanol–water partition coefficient (Wildman–Crippen LogP) is 2.91. The number of nitrogens with zero attached hydrogens (tertiary/aromatic N) is 2. The highest BCUT2D eigenvalue weighted by Crippen LogP contribution is 2.28. The van der Waals surface area contributed by atoms with Crippen molar-refractivity contribution in [3.05, 3.63) is 53.6 Å². The standard InChI is InChI=1S/C16H16N2O2/c1-18(2)14-4-3-5-15(9-14)20-16-7-6-12(11-19)8-13(16)10-17/h3-9,19H,11H2,1-2H3. The van der Waals surface area contributed by atoms with Gasteiger partial charge in [-0.05, 0) is 29.8 Å². The molecule has 0 aliphatic heterocycles. The lowest BCUT2D eigenvalue weighted by Gasteiger charge is -2.14. The Labute approximate surface area is 118 Å². The van der Waals surface area contributed by atoms with Crippen molar-refractivity contribution in [2.75, 3.05) is 19.0 Å². The molecule has 4 heteroatoms. The molecule has 1 N–H and O–H groups in total. The average Bonchev–Trinajstić information content (AvgIpc) is 2.48. The van der Waals surface area contributed by atoms with Gasteiger partial charge in [0.2, 0.25) is 0 Å². The van der Waals surface area contributed by atoms with Crippen LogP contribution in [0.1, 0.15) is 11.1 Å². The molecule has 0 amide bonds. The molecule has 0 atom stereocenters. The van der Waals surface area contributed by atoms with E-state index in [4.69, 9.17) is 15.1 Å². The minimum atomic E-state index is -0.0922. The highest BCUT2D eigenvalue weighted by Gasteiger charge is 2.07. The number of anilines is 1. The first kappa shape index (κ1) is 13.9. The van der Waals surface area contributed by atoms with Crippen LogP contribution in [0.2, 0.25) is 0 Å². The second kappa shape index (κ2) is 6.09. The first-order valence-corrected chi connectivity index (χ1v) is 6.23. The lowest BCUT2D eigenvalue weighted by atomic mass is 10.1. The van der Waals surface area contributed by atoms with Gasteiger partial charge >= 0.3 is 0 Å². The van der Waals surface area contributed by atoms with Gasteiger partial charge in [0.15, 0.2) is 0 Å². The van der Waals surface area contributed by atoms with Gasteiger partial charge in [0.1, 0.15) is 17.6 Å². The fourth-order valence-electron chi connectivity index (χ4n) is 1.80. The molecule has 0 fully saturated rings. The summed E-state index contributed by atoms with van der Waals surface area (Å²) in [4.78, 5) is 1.98. The van der Waals surface area contributed by atoms with Gasteiger partial charge in [-0.3, -0.25) is 0 Å². The largest absolute Gasteiger partial charge is 0.456 e. The zero-order valence-corrected chi connectivity index (χ0v) is 11.5. The zero-order valence-electron chi connectivity index (χ0n) is 11.5. The number of benzene rings is 2. The van der Waals surface area contributed by atoms with Gasteiger partial charge in [0, 0.05) is 25.8 Å². The highest BCUT2D eigenvalue weighted by atomic mass is 16.5. The van der Waals surface area contributed by atoms with Crippen molar-refractivity contribution < 1.29 is 9.84 Å². The van der Waals surface area contributed by atoms with E-state index in [-0.39, 0.29) is 6.61 Å². The maximum atomic E-state index is 9.14. The van der Waals surface area contributed by atoms with Crippen LogP contribution in [0.4, 0.5) is 5.69 Å². The van der Waals surface area contributed by atoms with Crippen LogP contribution in [-0.4, -0.2) is 19.2 Å². The summed E-state index contributed by atoms with van der Waals surface area (Å²) in [5, 5.41) is 18.2. The second-order valence-electron chi connectivity index (χ2n) is 4.59. The van der Waals surface area contributed by atoms with Crippen molar-refractivity contribution in [2.45, 2.75) is 6.61 Å². The van der Waals surface area contributed by atoms with E-state index in [9.17, 15) is 0 Å². The van der Waals surface area contributed by atoms with Gasteiger partial charge in [-0.25, -0.2) is 0 Å². The molecule has 2 aromatic carbocycles. The summed E-state index contributed by atoms with van der Waals surface area (Å²) < 4.78 is 5.76. The van der Waals surface area contributed by atoms with Crippen LogP contribution in [0, 0.1) is 11.3 Å². The molecule has 0 aliphatic rings. The predicted molar refractivity (Wildman–Crippen MR) is 77.9 cm³/mol. The van der Waals surface area contributed by atoms with E-state index in [1.54, 1.807) is 18.2 Å². The molecule has 2 rings (SSSR count). The van der Waals surface area contributed by atoms with Crippen LogP contribution < -0.4 is 9.64 Å². The van der Waals surface area contributed by atoms with E-state index in [0.717, 1.165) is 5.69 Å². The highest BCUT2D eigenvalue weighted by molar-refractivity contribution is 5.52. The topological polar surface area (TPSA) is 56.5 Å². The summed E-state index contributed by atoms with van der Waals surface area (Å²) in [6.45, 7) is -0.0922. The third-order valence-corrected chi connectivity index (χ3v) is 2.91. The Bertz CT molecular complexity index is 645. The number of ether oxygens (including phenoxy) is 1. The third kappa shape index (κ3) is 3.08. The third-order valence-electron chi connectivity index (χ3n) is 2.91. The van der Waals surface area contributed by atoms with Crippen molar-refractivity contribution in [1.82, 2.24) is 0 Å². The Morgan fingerprint density at radius 1 is 1.20 bits per heavy atom. The Morgan fingerprint density at radius 2 is 2.00 bits per heavy atom. The Morgan fingerprint density at radius 3 is 2.65 bits per heavy atom. The lowest BCUT2D eigenvalue weighted by molar-refractivity contribution is 0.281. The number of hydrogen-bond acceptors (Lipinski definition) is 4. The van der Waals surface area contributed by atoms with Crippen LogP contribution in [0.15, 0.2) is 42.5 Å². The summed E-state index contributed by atoms with van der Waals surface area (Å²) >= 11 is 0. The van der Waals surface area contributed by atoms with Gasteiger partial charge in [0.25, 0.3) is 0 Å². The number of aliphatic hydroxyl groups excluding tert-OH is 1. The molecule has 4 nitrogen and oxygen atoms in total. The van der Waals surface area contributed by atoms with Gasteiger partial charge in [-0.1, -0.05) is 12.1 Å². The molecular formula is C16H16N2O2. The number of aliphatic hydroxyl groups is 1. The maximum absolute atomic E-state index is 9.14. The average molecular weight is 268 g/mol. The van der Waals surface area contributed by atoms with Crippen molar-refractivity contribution in [2.24, 2.45) is 0 Å². The van der Waals surface area contributed by atoms with Gasteiger partial charge in [0.05, 0.1) is 12.2 Å². The van der Waals surface area contributed by atoms with Crippen molar-refractivity contribution in [3.8, 4) is 17.6 Å². The van der Waals surface area contributed by atoms with E-state index in [1.807, 2.05) is 43.3 Å². The molecule has 20 heavy (non-hydrogen) atoms. The molecule has 0 radical (unpaired) electrons. The van der Waals surface area contributed by atoms with E-state index < -0.39 is 0 Å². The first-order valence-electron chi connectivity index (χ1n) is 6.23. The lowest BCUT2D eigenvalue weighted by Crippen LogP contribution is -2.08. The normalized spacial score (nSPS) is 9.90. The monoisotopic (exact) mass is 268 g/mol. The summed E-state index contributed by atoms with van der Waals surface area (Å²) in [5.74, 6) is 1.16. The second-order valence-corrected chi connectivity index (χ2v) is 4.59.